The maximum atomic E-state index is 11.4. The van der Waals surface area contributed by atoms with Gasteiger partial charge >= 0.3 is 0 Å². The predicted octanol–water partition coefficient (Wildman–Crippen LogP) is 0.845. The molecule has 0 aliphatic carbocycles. The van der Waals surface area contributed by atoms with Gasteiger partial charge in [-0.05, 0) is 18.4 Å². The standard InChI is InChI=1S/C12H16N4O3S2/c1-2-21(17,18)13-5-10-6-16-11(7-19-10)12(14-15-16)9-3-4-20-8-9/h3-4,8,10,13H,2,5-7H2,1H3/t10-/m1/s1. The summed E-state index contributed by atoms with van der Waals surface area (Å²) in [5.41, 5.74) is 2.81. The lowest BCUT2D eigenvalue weighted by molar-refractivity contribution is 0.00432. The molecule has 0 unspecified atom stereocenters. The first-order valence-corrected chi connectivity index (χ1v) is 9.22. The van der Waals surface area contributed by atoms with E-state index >= 15 is 0 Å². The minimum absolute atomic E-state index is 0.0661. The third-order valence-electron chi connectivity index (χ3n) is 3.38. The molecule has 0 radical (unpaired) electrons. The number of sulfonamides is 1. The van der Waals surface area contributed by atoms with E-state index in [1.54, 1.807) is 22.9 Å². The Morgan fingerprint density at radius 1 is 1.57 bits per heavy atom. The van der Waals surface area contributed by atoms with Crippen LogP contribution in [0.1, 0.15) is 12.6 Å². The fourth-order valence-corrected chi connectivity index (χ4v) is 3.42. The minimum atomic E-state index is -3.20. The highest BCUT2D eigenvalue weighted by Crippen LogP contribution is 2.26. The van der Waals surface area contributed by atoms with Crippen LogP contribution in [-0.2, 0) is 27.9 Å². The second kappa shape index (κ2) is 5.84. The highest BCUT2D eigenvalue weighted by atomic mass is 32.2. The number of nitrogens with zero attached hydrogens (tertiary/aromatic N) is 3. The van der Waals surface area contributed by atoms with Crippen molar-refractivity contribution in [2.45, 2.75) is 26.2 Å². The van der Waals surface area contributed by atoms with Crippen LogP contribution in [0.4, 0.5) is 0 Å². The maximum Gasteiger partial charge on any atom is 0.211 e. The van der Waals surface area contributed by atoms with Gasteiger partial charge in [-0.25, -0.2) is 17.8 Å². The van der Waals surface area contributed by atoms with Gasteiger partial charge in [-0.2, -0.15) is 11.3 Å². The van der Waals surface area contributed by atoms with Gasteiger partial charge in [0.25, 0.3) is 0 Å². The van der Waals surface area contributed by atoms with Crippen molar-refractivity contribution in [3.63, 3.8) is 0 Å². The number of thiophene rings is 1. The molecule has 0 bridgehead atoms. The summed E-state index contributed by atoms with van der Waals surface area (Å²) in [5, 5.41) is 12.4. The lowest BCUT2D eigenvalue weighted by Gasteiger charge is -2.24. The summed E-state index contributed by atoms with van der Waals surface area (Å²) >= 11 is 1.61. The normalized spacial score (nSPS) is 18.6. The number of aromatic nitrogens is 3. The molecule has 9 heteroatoms. The molecule has 0 spiro atoms. The second-order valence-electron chi connectivity index (χ2n) is 4.76. The van der Waals surface area contributed by atoms with Crippen LogP contribution in [0.5, 0.6) is 0 Å². The number of rotatable bonds is 5. The average molecular weight is 328 g/mol. The highest BCUT2D eigenvalue weighted by molar-refractivity contribution is 7.89. The fraction of sp³-hybridized carbons (Fsp3) is 0.500. The molecule has 0 aromatic carbocycles. The van der Waals surface area contributed by atoms with Gasteiger partial charge < -0.3 is 4.74 Å². The zero-order valence-corrected chi connectivity index (χ0v) is 13.2. The molecule has 0 amide bonds. The van der Waals surface area contributed by atoms with Crippen LogP contribution < -0.4 is 4.72 Å². The first-order chi connectivity index (χ1) is 10.1. The van der Waals surface area contributed by atoms with Gasteiger partial charge in [0.1, 0.15) is 5.69 Å². The lowest BCUT2D eigenvalue weighted by atomic mass is 10.2. The third-order valence-corrected chi connectivity index (χ3v) is 5.43. The van der Waals surface area contributed by atoms with Crippen molar-refractivity contribution in [2.24, 2.45) is 0 Å². The molecule has 0 fully saturated rings. The molecule has 0 saturated heterocycles. The Balaban J connectivity index is 1.70. The van der Waals surface area contributed by atoms with Crippen molar-refractivity contribution in [3.8, 4) is 11.3 Å². The quantitative estimate of drug-likeness (QED) is 0.879. The largest absolute Gasteiger partial charge is 0.369 e. The van der Waals surface area contributed by atoms with Crippen LogP contribution in [0.15, 0.2) is 16.8 Å². The molecule has 1 atom stereocenters. The topological polar surface area (TPSA) is 86.1 Å². The van der Waals surface area contributed by atoms with Crippen LogP contribution in [0, 0.1) is 0 Å². The van der Waals surface area contributed by atoms with Crippen LogP contribution in [0.2, 0.25) is 0 Å². The van der Waals surface area contributed by atoms with E-state index in [0.717, 1.165) is 17.0 Å². The molecular weight excluding hydrogens is 312 g/mol. The first-order valence-electron chi connectivity index (χ1n) is 6.63. The molecule has 1 aliphatic heterocycles. The minimum Gasteiger partial charge on any atom is -0.369 e. The average Bonchev–Trinajstić information content (AvgIpc) is 3.13. The van der Waals surface area contributed by atoms with Gasteiger partial charge in [-0.1, -0.05) is 5.21 Å². The molecule has 3 rings (SSSR count). The molecule has 7 nitrogen and oxygen atoms in total. The summed E-state index contributed by atoms with van der Waals surface area (Å²) in [5.74, 6) is 0.0661. The maximum absolute atomic E-state index is 11.4. The lowest BCUT2D eigenvalue weighted by Crippen LogP contribution is -2.39. The van der Waals surface area contributed by atoms with Crippen molar-refractivity contribution >= 4 is 21.4 Å². The Hall–Kier alpha value is -1.29. The number of nitrogens with one attached hydrogen (secondary N) is 1. The van der Waals surface area contributed by atoms with E-state index in [0.29, 0.717) is 13.2 Å². The molecule has 21 heavy (non-hydrogen) atoms. The number of fused-ring (bicyclic) bond motifs is 1. The molecule has 2 aromatic heterocycles. The molecule has 114 valence electrons. The predicted molar refractivity (Wildman–Crippen MR) is 79.4 cm³/mol. The van der Waals surface area contributed by atoms with Gasteiger partial charge in [0.2, 0.25) is 10.0 Å². The smallest absolute Gasteiger partial charge is 0.211 e. The molecule has 3 heterocycles. The fourth-order valence-electron chi connectivity index (χ4n) is 2.13. The molecule has 1 N–H and O–H groups in total. The van der Waals surface area contributed by atoms with E-state index in [1.165, 1.54) is 0 Å². The third kappa shape index (κ3) is 3.15. The van der Waals surface area contributed by atoms with Crippen molar-refractivity contribution in [2.75, 3.05) is 12.3 Å². The SMILES string of the molecule is CCS(=O)(=O)NC[C@@H]1Cn2nnc(-c3ccsc3)c2CO1. The highest BCUT2D eigenvalue weighted by Gasteiger charge is 2.25. The second-order valence-corrected chi connectivity index (χ2v) is 7.64. The van der Waals surface area contributed by atoms with Crippen molar-refractivity contribution in [1.82, 2.24) is 19.7 Å². The van der Waals surface area contributed by atoms with E-state index in [9.17, 15) is 8.42 Å². The zero-order valence-electron chi connectivity index (χ0n) is 11.5. The van der Waals surface area contributed by atoms with Gasteiger partial charge in [0.05, 0.1) is 30.7 Å². The van der Waals surface area contributed by atoms with Crippen molar-refractivity contribution < 1.29 is 13.2 Å². The van der Waals surface area contributed by atoms with Crippen molar-refractivity contribution in [3.05, 3.63) is 22.5 Å². The summed E-state index contributed by atoms with van der Waals surface area (Å²) in [4.78, 5) is 0. The summed E-state index contributed by atoms with van der Waals surface area (Å²) in [6, 6.07) is 2.00. The number of hydrogen-bond donors (Lipinski definition) is 1. The van der Waals surface area contributed by atoms with E-state index in [-0.39, 0.29) is 18.4 Å². The number of ether oxygens (including phenoxy) is 1. The summed E-state index contributed by atoms with van der Waals surface area (Å²) < 4.78 is 32.9. The Bertz CT molecular complexity index is 709. The van der Waals surface area contributed by atoms with Crippen LogP contribution >= 0.6 is 11.3 Å². The van der Waals surface area contributed by atoms with Crippen LogP contribution in [0.25, 0.3) is 11.3 Å². The van der Waals surface area contributed by atoms with Crippen molar-refractivity contribution in [1.29, 1.82) is 0 Å². The Morgan fingerprint density at radius 2 is 2.43 bits per heavy atom. The molecule has 0 saturated carbocycles. The molecular formula is C12H16N4O3S2. The summed E-state index contributed by atoms with van der Waals surface area (Å²) in [6.07, 6.45) is -0.226. The van der Waals surface area contributed by atoms with E-state index in [1.807, 2.05) is 16.8 Å². The number of hydrogen-bond acceptors (Lipinski definition) is 6. The monoisotopic (exact) mass is 328 g/mol. The summed E-state index contributed by atoms with van der Waals surface area (Å²) in [6.45, 7) is 2.74. The molecule has 2 aromatic rings. The zero-order chi connectivity index (χ0) is 14.9. The van der Waals surface area contributed by atoms with Gasteiger partial charge in [-0.3, -0.25) is 0 Å². The van der Waals surface area contributed by atoms with Crippen LogP contribution in [0.3, 0.4) is 0 Å². The van der Waals surface area contributed by atoms with Crippen LogP contribution in [-0.4, -0.2) is 41.8 Å². The van der Waals surface area contributed by atoms with E-state index in [4.69, 9.17) is 4.74 Å². The molecule has 1 aliphatic rings. The van der Waals surface area contributed by atoms with Gasteiger partial charge in [-0.15, -0.1) is 5.10 Å². The van der Waals surface area contributed by atoms with E-state index in [2.05, 4.69) is 15.0 Å². The summed E-state index contributed by atoms with van der Waals surface area (Å²) in [7, 11) is -3.20. The van der Waals surface area contributed by atoms with E-state index < -0.39 is 10.0 Å². The Labute approximate surface area is 127 Å². The van der Waals surface area contributed by atoms with Gasteiger partial charge in [0.15, 0.2) is 0 Å². The first kappa shape index (κ1) is 14.6. The Morgan fingerprint density at radius 3 is 3.14 bits per heavy atom. The Kier molecular flexibility index (Phi) is 4.07. The van der Waals surface area contributed by atoms with Gasteiger partial charge in [0, 0.05) is 17.5 Å².